The Morgan fingerprint density at radius 2 is 2.31 bits per heavy atom. The predicted octanol–water partition coefficient (Wildman–Crippen LogP) is 1.07. The van der Waals surface area contributed by atoms with Crippen LogP contribution in [0.15, 0.2) is 18.2 Å². The summed E-state index contributed by atoms with van der Waals surface area (Å²) in [5, 5.41) is 6.81. The minimum absolute atomic E-state index is 0.0435. The van der Waals surface area contributed by atoms with Gasteiger partial charge in [-0.3, -0.25) is 4.79 Å². The van der Waals surface area contributed by atoms with Crippen molar-refractivity contribution in [3.63, 3.8) is 0 Å². The largest absolute Gasteiger partial charge is 0.354 e. The summed E-state index contributed by atoms with van der Waals surface area (Å²) in [6.45, 7) is 2.37. The fraction of sp³-hybridized carbons (Fsp3) is 0.364. The molecule has 1 fully saturated rings. The minimum Gasteiger partial charge on any atom is -0.354 e. The normalized spacial score (nSPS) is 23.4. The van der Waals surface area contributed by atoms with E-state index in [4.69, 9.17) is 11.6 Å². The maximum Gasteiger partial charge on any atom is 0.248 e. The highest BCUT2D eigenvalue weighted by Crippen LogP contribution is 2.38. The van der Waals surface area contributed by atoms with Crippen LogP contribution in [0.3, 0.4) is 0 Å². The number of halogens is 1. The number of carbonyl (C=O) groups is 1. The number of hydrogen-bond donors (Lipinski definition) is 2. The summed E-state index contributed by atoms with van der Waals surface area (Å²) in [5.74, 6) is 0.0435. The molecule has 0 aliphatic carbocycles. The van der Waals surface area contributed by atoms with Gasteiger partial charge in [0, 0.05) is 19.6 Å². The maximum absolute atomic E-state index is 11.9. The third kappa shape index (κ3) is 1.37. The molecule has 1 atom stereocenters. The van der Waals surface area contributed by atoms with Gasteiger partial charge < -0.3 is 15.5 Å². The van der Waals surface area contributed by atoms with Crippen molar-refractivity contribution in [2.75, 3.05) is 29.9 Å². The summed E-state index contributed by atoms with van der Waals surface area (Å²) in [5.41, 5.74) is 1.77. The van der Waals surface area contributed by atoms with Crippen LogP contribution in [0.25, 0.3) is 0 Å². The molecular weight excluding hydrogens is 226 g/mol. The molecule has 4 nitrogen and oxygen atoms in total. The third-order valence-electron chi connectivity index (χ3n) is 3.08. The van der Waals surface area contributed by atoms with Crippen molar-refractivity contribution in [3.8, 4) is 0 Å². The van der Waals surface area contributed by atoms with Crippen molar-refractivity contribution in [2.45, 2.75) is 6.04 Å². The number of rotatable bonds is 0. The average molecular weight is 238 g/mol. The van der Waals surface area contributed by atoms with Crippen LogP contribution in [0.5, 0.6) is 0 Å². The molecule has 0 radical (unpaired) electrons. The minimum atomic E-state index is -0.138. The van der Waals surface area contributed by atoms with E-state index in [1.807, 2.05) is 18.2 Å². The Balaban J connectivity index is 2.11. The first kappa shape index (κ1) is 9.93. The molecule has 3 rings (SSSR count). The SMILES string of the molecule is O=C1Nc2cccc(Cl)c2N2CCNCC12. The van der Waals surface area contributed by atoms with E-state index in [-0.39, 0.29) is 11.9 Å². The van der Waals surface area contributed by atoms with E-state index in [0.29, 0.717) is 11.6 Å². The lowest BCUT2D eigenvalue weighted by atomic mass is 10.1. The number of para-hydroxylation sites is 1. The van der Waals surface area contributed by atoms with Gasteiger partial charge >= 0.3 is 0 Å². The van der Waals surface area contributed by atoms with Crippen molar-refractivity contribution in [3.05, 3.63) is 23.2 Å². The van der Waals surface area contributed by atoms with Crippen LogP contribution in [-0.2, 0) is 4.79 Å². The molecule has 1 unspecified atom stereocenters. The summed E-state index contributed by atoms with van der Waals surface area (Å²) in [7, 11) is 0. The van der Waals surface area contributed by atoms with Crippen molar-refractivity contribution in [1.29, 1.82) is 0 Å². The lowest BCUT2D eigenvalue weighted by Gasteiger charge is -2.41. The molecule has 2 heterocycles. The number of hydrogen-bond acceptors (Lipinski definition) is 3. The molecule has 84 valence electrons. The number of nitrogens with zero attached hydrogens (tertiary/aromatic N) is 1. The molecular formula is C11H12ClN3O. The average Bonchev–Trinajstić information content (AvgIpc) is 2.29. The summed E-state index contributed by atoms with van der Waals surface area (Å²) in [6, 6.07) is 5.46. The number of benzene rings is 1. The zero-order valence-electron chi connectivity index (χ0n) is 8.66. The summed E-state index contributed by atoms with van der Waals surface area (Å²) < 4.78 is 0. The molecule has 1 aromatic carbocycles. The first-order chi connectivity index (χ1) is 7.77. The molecule has 0 saturated carbocycles. The highest BCUT2D eigenvalue weighted by atomic mass is 35.5. The van der Waals surface area contributed by atoms with E-state index in [2.05, 4.69) is 15.5 Å². The molecule has 0 spiro atoms. The molecule has 16 heavy (non-hydrogen) atoms. The van der Waals surface area contributed by atoms with Crippen LogP contribution in [-0.4, -0.2) is 31.6 Å². The van der Waals surface area contributed by atoms with Crippen LogP contribution in [0, 0.1) is 0 Å². The van der Waals surface area contributed by atoms with Crippen molar-refractivity contribution >= 4 is 28.9 Å². The van der Waals surface area contributed by atoms with Gasteiger partial charge in [-0.2, -0.15) is 0 Å². The molecule has 1 amide bonds. The number of nitrogens with one attached hydrogen (secondary N) is 2. The Morgan fingerprint density at radius 1 is 1.44 bits per heavy atom. The van der Waals surface area contributed by atoms with E-state index in [1.54, 1.807) is 0 Å². The molecule has 0 bridgehead atoms. The molecule has 1 aromatic rings. The topological polar surface area (TPSA) is 44.4 Å². The van der Waals surface area contributed by atoms with Crippen LogP contribution >= 0.6 is 11.6 Å². The van der Waals surface area contributed by atoms with Gasteiger partial charge in [-0.15, -0.1) is 0 Å². The van der Waals surface area contributed by atoms with Crippen LogP contribution < -0.4 is 15.5 Å². The van der Waals surface area contributed by atoms with Crippen LogP contribution in [0.1, 0.15) is 0 Å². The molecule has 2 aliphatic rings. The third-order valence-corrected chi connectivity index (χ3v) is 3.38. The summed E-state index contributed by atoms with van der Waals surface area (Å²) in [4.78, 5) is 14.0. The van der Waals surface area contributed by atoms with Gasteiger partial charge in [-0.05, 0) is 12.1 Å². The number of anilines is 2. The van der Waals surface area contributed by atoms with Crippen molar-refractivity contribution in [2.24, 2.45) is 0 Å². The maximum atomic E-state index is 11.9. The first-order valence-electron chi connectivity index (χ1n) is 5.34. The number of carbonyl (C=O) groups excluding carboxylic acids is 1. The van der Waals surface area contributed by atoms with E-state index >= 15 is 0 Å². The lowest BCUT2D eigenvalue weighted by molar-refractivity contribution is -0.117. The monoisotopic (exact) mass is 237 g/mol. The van der Waals surface area contributed by atoms with Gasteiger partial charge in [0.05, 0.1) is 16.4 Å². The van der Waals surface area contributed by atoms with Crippen molar-refractivity contribution < 1.29 is 4.79 Å². The zero-order valence-corrected chi connectivity index (χ0v) is 9.42. The Kier molecular flexibility index (Phi) is 2.26. The van der Waals surface area contributed by atoms with E-state index in [9.17, 15) is 4.79 Å². The van der Waals surface area contributed by atoms with E-state index < -0.39 is 0 Å². The predicted molar refractivity (Wildman–Crippen MR) is 64.1 cm³/mol. The number of piperazine rings is 1. The van der Waals surface area contributed by atoms with Gasteiger partial charge in [0.1, 0.15) is 6.04 Å². The second kappa shape index (κ2) is 3.64. The Morgan fingerprint density at radius 3 is 3.19 bits per heavy atom. The van der Waals surface area contributed by atoms with Gasteiger partial charge in [0.2, 0.25) is 5.91 Å². The van der Waals surface area contributed by atoms with E-state index in [0.717, 1.165) is 24.5 Å². The second-order valence-corrected chi connectivity index (χ2v) is 4.45. The Hall–Kier alpha value is -1.26. The molecule has 5 heteroatoms. The van der Waals surface area contributed by atoms with Gasteiger partial charge in [0.15, 0.2) is 0 Å². The van der Waals surface area contributed by atoms with Gasteiger partial charge in [-0.25, -0.2) is 0 Å². The molecule has 1 saturated heterocycles. The van der Waals surface area contributed by atoms with Crippen molar-refractivity contribution in [1.82, 2.24) is 5.32 Å². The Labute approximate surface area is 98.6 Å². The first-order valence-corrected chi connectivity index (χ1v) is 5.72. The highest BCUT2D eigenvalue weighted by Gasteiger charge is 2.35. The van der Waals surface area contributed by atoms with Crippen LogP contribution in [0.4, 0.5) is 11.4 Å². The molecule has 2 N–H and O–H groups in total. The zero-order chi connectivity index (χ0) is 11.1. The quantitative estimate of drug-likeness (QED) is 0.710. The highest BCUT2D eigenvalue weighted by molar-refractivity contribution is 6.34. The van der Waals surface area contributed by atoms with E-state index in [1.165, 1.54) is 0 Å². The fourth-order valence-electron chi connectivity index (χ4n) is 2.33. The molecule has 2 aliphatic heterocycles. The summed E-state index contributed by atoms with van der Waals surface area (Å²) >= 11 is 6.20. The van der Waals surface area contributed by atoms with Gasteiger partial charge in [0.25, 0.3) is 0 Å². The van der Waals surface area contributed by atoms with Crippen LogP contribution in [0.2, 0.25) is 5.02 Å². The number of fused-ring (bicyclic) bond motifs is 3. The number of amides is 1. The second-order valence-electron chi connectivity index (χ2n) is 4.04. The van der Waals surface area contributed by atoms with Gasteiger partial charge in [-0.1, -0.05) is 17.7 Å². The lowest BCUT2D eigenvalue weighted by Crippen LogP contribution is -2.59. The smallest absolute Gasteiger partial charge is 0.248 e. The summed E-state index contributed by atoms with van der Waals surface area (Å²) in [6.07, 6.45) is 0. The fourth-order valence-corrected chi connectivity index (χ4v) is 2.61. The molecule has 0 aromatic heterocycles. The standard InChI is InChI=1S/C11H12ClN3O/c12-7-2-1-3-8-10(7)15-5-4-13-6-9(15)11(16)14-8/h1-3,9,13H,4-6H2,(H,14,16). The Bertz CT molecular complexity index is 449.